The molecule has 0 amide bonds. The van der Waals surface area contributed by atoms with E-state index in [1.807, 2.05) is 0 Å². The van der Waals surface area contributed by atoms with E-state index in [2.05, 4.69) is 4.99 Å². The minimum Gasteiger partial charge on any atom is -0.280 e. The summed E-state index contributed by atoms with van der Waals surface area (Å²) >= 11 is 0. The van der Waals surface area contributed by atoms with Crippen molar-refractivity contribution in [3.63, 3.8) is 0 Å². The van der Waals surface area contributed by atoms with Gasteiger partial charge in [0.15, 0.2) is 0 Å². The topological polar surface area (TPSA) is 61.8 Å². The van der Waals surface area contributed by atoms with Crippen molar-refractivity contribution >= 4 is 6.34 Å². The Morgan fingerprint density at radius 3 is 3.27 bits per heavy atom. The summed E-state index contributed by atoms with van der Waals surface area (Å²) in [6, 6.07) is 0. The van der Waals surface area contributed by atoms with Gasteiger partial charge in [-0.05, 0) is 6.08 Å². The van der Waals surface area contributed by atoms with Gasteiger partial charge < -0.3 is 0 Å². The molecule has 2 heterocycles. The molecule has 58 valence electrons. The molecule has 0 saturated heterocycles. The minimum absolute atomic E-state index is 0.0625. The van der Waals surface area contributed by atoms with Gasteiger partial charge in [-0.3, -0.25) is 5.21 Å². The summed E-state index contributed by atoms with van der Waals surface area (Å²) in [6.07, 6.45) is 6.48. The van der Waals surface area contributed by atoms with E-state index >= 15 is 0 Å². The molecule has 1 unspecified atom stereocenters. The molecular formula is C6H9N4O+. The zero-order chi connectivity index (χ0) is 7.90. The highest BCUT2D eigenvalue weighted by Crippen LogP contribution is 2.21. The maximum Gasteiger partial charge on any atom is 0.276 e. The van der Waals surface area contributed by atoms with Gasteiger partial charge in [-0.25, -0.2) is 4.99 Å². The summed E-state index contributed by atoms with van der Waals surface area (Å²) in [5.41, 5.74) is 0. The SMILES string of the molecule is N[N+]12C=NC=C1N(O)C=CC2. The van der Waals surface area contributed by atoms with Crippen molar-refractivity contribution in [2.24, 2.45) is 10.8 Å². The molecule has 0 spiro atoms. The van der Waals surface area contributed by atoms with E-state index in [1.165, 1.54) is 0 Å². The number of hydrogen-bond donors (Lipinski definition) is 2. The van der Waals surface area contributed by atoms with Crippen molar-refractivity contribution in [2.75, 3.05) is 6.54 Å². The molecule has 0 aromatic heterocycles. The number of nitrogens with two attached hydrogens (primary N) is 1. The molecule has 2 rings (SSSR count). The van der Waals surface area contributed by atoms with E-state index in [1.54, 1.807) is 24.8 Å². The Kier molecular flexibility index (Phi) is 1.14. The van der Waals surface area contributed by atoms with Crippen molar-refractivity contribution in [3.8, 4) is 0 Å². The Morgan fingerprint density at radius 2 is 2.55 bits per heavy atom. The lowest BCUT2D eigenvalue weighted by atomic mass is 10.4. The smallest absolute Gasteiger partial charge is 0.276 e. The number of aliphatic imine (C=N–C) groups is 1. The fourth-order valence-electron chi connectivity index (χ4n) is 1.17. The van der Waals surface area contributed by atoms with E-state index < -0.39 is 0 Å². The summed E-state index contributed by atoms with van der Waals surface area (Å²) in [7, 11) is 0. The molecule has 0 bridgehead atoms. The van der Waals surface area contributed by atoms with Crippen LogP contribution in [0.4, 0.5) is 0 Å². The average Bonchev–Trinajstić information content (AvgIpc) is 2.31. The zero-order valence-electron chi connectivity index (χ0n) is 5.88. The van der Waals surface area contributed by atoms with Crippen LogP contribution in [0.2, 0.25) is 0 Å². The first-order valence-electron chi connectivity index (χ1n) is 3.28. The molecule has 5 heteroatoms. The highest BCUT2D eigenvalue weighted by molar-refractivity contribution is 5.52. The molecule has 11 heavy (non-hydrogen) atoms. The van der Waals surface area contributed by atoms with E-state index in [4.69, 9.17) is 5.84 Å². The number of fused-ring (bicyclic) bond motifs is 1. The Balaban J connectivity index is 2.42. The predicted molar refractivity (Wildman–Crippen MR) is 38.7 cm³/mol. The van der Waals surface area contributed by atoms with Crippen LogP contribution < -0.4 is 5.84 Å². The van der Waals surface area contributed by atoms with E-state index in [0.29, 0.717) is 12.4 Å². The van der Waals surface area contributed by atoms with Crippen molar-refractivity contribution in [2.45, 2.75) is 0 Å². The third-order valence-corrected chi connectivity index (χ3v) is 1.78. The molecule has 2 aliphatic heterocycles. The first-order valence-corrected chi connectivity index (χ1v) is 3.28. The number of quaternary nitrogens is 1. The van der Waals surface area contributed by atoms with E-state index in [-0.39, 0.29) is 4.59 Å². The molecule has 0 aromatic rings. The maximum atomic E-state index is 9.25. The van der Waals surface area contributed by atoms with Crippen LogP contribution in [0.1, 0.15) is 0 Å². The Morgan fingerprint density at radius 1 is 1.73 bits per heavy atom. The summed E-state index contributed by atoms with van der Waals surface area (Å²) in [6.45, 7) is 0.631. The quantitative estimate of drug-likeness (QED) is 0.372. The zero-order valence-corrected chi connectivity index (χ0v) is 5.88. The van der Waals surface area contributed by atoms with E-state index in [0.717, 1.165) is 5.06 Å². The van der Waals surface area contributed by atoms with Gasteiger partial charge in [0.1, 0.15) is 12.7 Å². The van der Waals surface area contributed by atoms with Gasteiger partial charge in [0.2, 0.25) is 6.34 Å². The van der Waals surface area contributed by atoms with Crippen molar-refractivity contribution in [1.82, 2.24) is 5.06 Å². The fraction of sp³-hybridized carbons (Fsp3) is 0.167. The van der Waals surface area contributed by atoms with Gasteiger partial charge >= 0.3 is 0 Å². The van der Waals surface area contributed by atoms with Gasteiger partial charge in [0.25, 0.3) is 5.82 Å². The number of hydrogen-bond acceptors (Lipinski definition) is 4. The lowest BCUT2D eigenvalue weighted by molar-refractivity contribution is -0.815. The van der Waals surface area contributed by atoms with Crippen LogP contribution in [0, 0.1) is 0 Å². The monoisotopic (exact) mass is 153 g/mol. The largest absolute Gasteiger partial charge is 0.280 e. The fourth-order valence-corrected chi connectivity index (χ4v) is 1.17. The van der Waals surface area contributed by atoms with Gasteiger partial charge in [0.05, 0.1) is 0 Å². The van der Waals surface area contributed by atoms with E-state index in [9.17, 15) is 5.21 Å². The predicted octanol–water partition coefficient (Wildman–Crippen LogP) is -0.264. The Labute approximate surface area is 63.9 Å². The second-order valence-corrected chi connectivity index (χ2v) is 2.59. The summed E-state index contributed by atoms with van der Waals surface area (Å²) in [5.74, 6) is 6.40. The molecule has 0 aromatic carbocycles. The number of nitrogens with zero attached hydrogens (tertiary/aromatic N) is 3. The lowest BCUT2D eigenvalue weighted by Gasteiger charge is -2.30. The lowest BCUT2D eigenvalue weighted by Crippen LogP contribution is -2.55. The molecule has 0 aliphatic carbocycles. The van der Waals surface area contributed by atoms with Crippen molar-refractivity contribution in [3.05, 3.63) is 24.3 Å². The van der Waals surface area contributed by atoms with Crippen LogP contribution in [0.25, 0.3) is 0 Å². The molecule has 3 N–H and O–H groups in total. The van der Waals surface area contributed by atoms with Crippen LogP contribution in [0.5, 0.6) is 0 Å². The second kappa shape index (κ2) is 1.91. The molecular weight excluding hydrogens is 144 g/mol. The molecule has 0 fully saturated rings. The first-order chi connectivity index (χ1) is 5.22. The highest BCUT2D eigenvalue weighted by Gasteiger charge is 2.36. The molecule has 5 nitrogen and oxygen atoms in total. The molecule has 1 atom stereocenters. The van der Waals surface area contributed by atoms with Crippen molar-refractivity contribution in [1.29, 1.82) is 0 Å². The summed E-state index contributed by atoms with van der Waals surface area (Å²) in [4.78, 5) is 3.87. The third kappa shape index (κ3) is 0.790. The second-order valence-electron chi connectivity index (χ2n) is 2.59. The van der Waals surface area contributed by atoms with Crippen molar-refractivity contribution < 1.29 is 9.80 Å². The summed E-state index contributed by atoms with van der Waals surface area (Å²) < 4.78 is 0.0625. The number of hydroxylamine groups is 2. The molecule has 0 radical (unpaired) electrons. The van der Waals surface area contributed by atoms with Gasteiger partial charge in [-0.1, -0.05) is 0 Å². The Bertz CT molecular complexity index is 270. The molecule has 0 saturated carbocycles. The van der Waals surface area contributed by atoms with Crippen LogP contribution >= 0.6 is 0 Å². The normalized spacial score (nSPS) is 34.0. The number of rotatable bonds is 0. The van der Waals surface area contributed by atoms with Crippen LogP contribution in [-0.2, 0) is 0 Å². The minimum atomic E-state index is 0.0625. The molecule has 2 aliphatic rings. The van der Waals surface area contributed by atoms with Crippen LogP contribution in [0.15, 0.2) is 29.3 Å². The van der Waals surface area contributed by atoms with Gasteiger partial charge in [0, 0.05) is 6.20 Å². The first kappa shape index (κ1) is 6.53. The third-order valence-electron chi connectivity index (χ3n) is 1.78. The average molecular weight is 153 g/mol. The Hall–Kier alpha value is -1.17. The standard InChI is InChI=1S/C6H9N4O/c7-10-3-1-2-9(11)6(10)4-8-5-10/h1-2,4-5,11H,3,7H2/q+1. The van der Waals surface area contributed by atoms with Crippen LogP contribution in [-0.4, -0.2) is 27.7 Å². The highest BCUT2D eigenvalue weighted by atomic mass is 16.5. The van der Waals surface area contributed by atoms with Crippen LogP contribution in [0.3, 0.4) is 0 Å². The van der Waals surface area contributed by atoms with Gasteiger partial charge in [-0.15, -0.1) is 0 Å². The maximum absolute atomic E-state index is 9.25. The summed E-state index contributed by atoms with van der Waals surface area (Å²) in [5, 5.41) is 10.2. The van der Waals surface area contributed by atoms with Gasteiger partial charge in [-0.2, -0.15) is 15.5 Å².